The second kappa shape index (κ2) is 18.9. The van der Waals surface area contributed by atoms with Crippen LogP contribution in [0.1, 0.15) is 52.2 Å². The maximum absolute atomic E-state index is 11.9. The molecule has 0 unspecified atom stereocenters. The normalized spacial score (nSPS) is 13.2. The maximum Gasteiger partial charge on any atom is 0.248 e. The Labute approximate surface area is 252 Å². The highest BCUT2D eigenvalue weighted by Crippen LogP contribution is 2.03. The zero-order valence-corrected chi connectivity index (χ0v) is 25.4. The van der Waals surface area contributed by atoms with Gasteiger partial charge in [0.15, 0.2) is 0 Å². The topological polar surface area (TPSA) is 203 Å². The lowest BCUT2D eigenvalue weighted by atomic mass is 10.0. The molecule has 4 atom stereocenters. The molecule has 0 bridgehead atoms. The van der Waals surface area contributed by atoms with Gasteiger partial charge in [0.25, 0.3) is 0 Å². The van der Waals surface area contributed by atoms with E-state index < -0.39 is 47.8 Å². The van der Waals surface area contributed by atoms with Crippen molar-refractivity contribution < 1.29 is 28.8 Å². The third kappa shape index (κ3) is 15.4. The van der Waals surface area contributed by atoms with Gasteiger partial charge in [0.2, 0.25) is 35.4 Å². The van der Waals surface area contributed by atoms with Gasteiger partial charge in [-0.1, -0.05) is 74.5 Å². The summed E-state index contributed by atoms with van der Waals surface area (Å²) >= 11 is 0. The van der Waals surface area contributed by atoms with Crippen LogP contribution >= 0.6 is 0 Å². The second-order valence-electron chi connectivity index (χ2n) is 10.6. The fraction of sp³-hybridized carbons (Fsp3) is 0.419. The predicted molar refractivity (Wildman–Crippen MR) is 163 cm³/mol. The van der Waals surface area contributed by atoms with Crippen molar-refractivity contribution in [3.05, 3.63) is 71.8 Å². The molecule has 0 aromatic heterocycles. The molecule has 0 radical (unpaired) electrons. The van der Waals surface area contributed by atoms with Crippen LogP contribution < -0.4 is 32.7 Å². The molecule has 0 saturated heterocycles. The third-order valence-electron chi connectivity index (χ3n) is 5.93. The Morgan fingerprint density at radius 2 is 0.953 bits per heavy atom. The summed E-state index contributed by atoms with van der Waals surface area (Å²) in [6.45, 7) is 8.40. The Kier molecular flexibility index (Phi) is 16.1. The maximum atomic E-state index is 11.9. The van der Waals surface area contributed by atoms with Gasteiger partial charge in [-0.15, -0.1) is 0 Å². The number of nitrogens with one attached hydrogen (secondary N) is 4. The number of carbonyl (C=O) groups is 6. The van der Waals surface area contributed by atoms with Crippen molar-refractivity contribution in [2.75, 3.05) is 0 Å². The minimum Gasteiger partial charge on any atom is -0.344 e. The van der Waals surface area contributed by atoms with Crippen LogP contribution in [0, 0.1) is 5.92 Å². The monoisotopic (exact) mass is 596 g/mol. The van der Waals surface area contributed by atoms with Crippen LogP contribution in [0.15, 0.2) is 60.7 Å². The lowest BCUT2D eigenvalue weighted by Crippen LogP contribution is -2.51. The molecule has 0 saturated carbocycles. The van der Waals surface area contributed by atoms with Gasteiger partial charge in [-0.25, -0.2) is 0 Å². The van der Waals surface area contributed by atoms with Crippen LogP contribution in [0.4, 0.5) is 0 Å². The molecule has 234 valence electrons. The van der Waals surface area contributed by atoms with E-state index in [1.165, 1.54) is 20.8 Å². The molecule has 0 aliphatic carbocycles. The number of benzene rings is 2. The van der Waals surface area contributed by atoms with Crippen molar-refractivity contribution in [2.45, 2.75) is 78.0 Å². The highest BCUT2D eigenvalue weighted by molar-refractivity contribution is 6.01. The molecule has 2 rings (SSSR count). The minimum atomic E-state index is -0.804. The van der Waals surface area contributed by atoms with Crippen molar-refractivity contribution >= 4 is 35.4 Å². The number of hydrogen-bond acceptors (Lipinski definition) is 8. The van der Waals surface area contributed by atoms with Crippen molar-refractivity contribution in [3.63, 3.8) is 0 Å². The predicted octanol–water partition coefficient (Wildman–Crippen LogP) is 0.474. The molecule has 0 aliphatic rings. The molecule has 6 amide bonds. The molecule has 0 heterocycles. The standard InChI is InChI=1S/C17H25N3O3.C14H19N3O3/c1-11(2)9-14(18)17(23)20-16(22)12(3)19-15(21)10-13-7-5-4-6-8-13;1-9(15)13(19)17-14(20)10(2)16-12(18)8-11-6-4-3-5-7-11/h4-8,11-12,14H,9-10,18H2,1-3H3,(H,19,21)(H,20,22,23);3-7,9-10H,8,15H2,1-2H3,(H,16,18)(H,17,19,20)/t12-,14-;9-,10-/m00/s1. The summed E-state index contributed by atoms with van der Waals surface area (Å²) < 4.78 is 0. The van der Waals surface area contributed by atoms with Crippen molar-refractivity contribution in [1.29, 1.82) is 0 Å². The van der Waals surface area contributed by atoms with Crippen LogP contribution in [0.5, 0.6) is 0 Å². The van der Waals surface area contributed by atoms with Gasteiger partial charge >= 0.3 is 0 Å². The molecule has 2 aromatic rings. The average molecular weight is 597 g/mol. The van der Waals surface area contributed by atoms with Crippen LogP contribution in [-0.4, -0.2) is 59.6 Å². The molecule has 0 fully saturated rings. The van der Waals surface area contributed by atoms with Gasteiger partial charge in [-0.2, -0.15) is 0 Å². The van der Waals surface area contributed by atoms with Crippen molar-refractivity contribution in [2.24, 2.45) is 17.4 Å². The quantitative estimate of drug-likeness (QED) is 0.203. The van der Waals surface area contributed by atoms with E-state index in [1.54, 1.807) is 0 Å². The first-order chi connectivity index (χ1) is 20.2. The molecule has 0 spiro atoms. The number of amides is 6. The van der Waals surface area contributed by atoms with E-state index in [-0.39, 0.29) is 30.6 Å². The third-order valence-corrected chi connectivity index (χ3v) is 5.93. The van der Waals surface area contributed by atoms with Crippen molar-refractivity contribution in [1.82, 2.24) is 21.3 Å². The van der Waals surface area contributed by atoms with Gasteiger partial charge in [-0.05, 0) is 44.2 Å². The SMILES string of the molecule is CC(C)C[C@H](N)C(=O)NC(=O)[C@H](C)NC(=O)Cc1ccccc1.C[C@H](N)C(=O)NC(=O)[C@H](C)NC(=O)Cc1ccccc1. The summed E-state index contributed by atoms with van der Waals surface area (Å²) in [5.74, 6) is -2.53. The van der Waals surface area contributed by atoms with Crippen LogP contribution in [-0.2, 0) is 41.6 Å². The summed E-state index contributed by atoms with van der Waals surface area (Å²) in [7, 11) is 0. The van der Waals surface area contributed by atoms with Crippen LogP contribution in [0.2, 0.25) is 0 Å². The fourth-order valence-corrected chi connectivity index (χ4v) is 3.56. The second-order valence-corrected chi connectivity index (χ2v) is 10.6. The number of carbonyl (C=O) groups excluding carboxylic acids is 6. The van der Waals surface area contributed by atoms with E-state index in [9.17, 15) is 28.8 Å². The van der Waals surface area contributed by atoms with Gasteiger partial charge in [0.05, 0.1) is 24.9 Å². The summed E-state index contributed by atoms with van der Waals surface area (Å²) in [4.78, 5) is 70.3. The Bertz CT molecular complexity index is 1220. The highest BCUT2D eigenvalue weighted by Gasteiger charge is 2.22. The van der Waals surface area contributed by atoms with Crippen LogP contribution in [0.3, 0.4) is 0 Å². The first-order valence-electron chi connectivity index (χ1n) is 14.1. The molecular weight excluding hydrogens is 552 g/mol. The van der Waals surface area contributed by atoms with E-state index in [0.29, 0.717) is 6.42 Å². The zero-order valence-electron chi connectivity index (χ0n) is 25.4. The van der Waals surface area contributed by atoms with Gasteiger partial charge in [0, 0.05) is 0 Å². The van der Waals surface area contributed by atoms with E-state index >= 15 is 0 Å². The summed E-state index contributed by atoms with van der Waals surface area (Å²) in [5, 5.41) is 9.46. The summed E-state index contributed by atoms with van der Waals surface area (Å²) in [6.07, 6.45) is 0.854. The number of hydrogen-bond donors (Lipinski definition) is 6. The first-order valence-corrected chi connectivity index (χ1v) is 14.1. The van der Waals surface area contributed by atoms with Crippen LogP contribution in [0.25, 0.3) is 0 Å². The molecule has 12 nitrogen and oxygen atoms in total. The van der Waals surface area contributed by atoms with E-state index in [2.05, 4.69) is 21.3 Å². The fourth-order valence-electron chi connectivity index (χ4n) is 3.56. The number of rotatable bonds is 12. The molecular formula is C31H44N6O6. The number of nitrogens with two attached hydrogens (primary N) is 2. The lowest BCUT2D eigenvalue weighted by Gasteiger charge is -2.17. The smallest absolute Gasteiger partial charge is 0.248 e. The molecule has 43 heavy (non-hydrogen) atoms. The Hall–Kier alpha value is -4.42. The number of imide groups is 2. The van der Waals surface area contributed by atoms with E-state index in [1.807, 2.05) is 74.5 Å². The molecule has 2 aromatic carbocycles. The van der Waals surface area contributed by atoms with E-state index in [4.69, 9.17) is 11.5 Å². The Balaban J connectivity index is 0.000000434. The Morgan fingerprint density at radius 1 is 0.581 bits per heavy atom. The molecule has 8 N–H and O–H groups in total. The van der Waals surface area contributed by atoms with Crippen molar-refractivity contribution in [3.8, 4) is 0 Å². The largest absolute Gasteiger partial charge is 0.344 e. The van der Waals surface area contributed by atoms with Gasteiger partial charge < -0.3 is 22.1 Å². The zero-order chi connectivity index (χ0) is 32.5. The summed E-state index contributed by atoms with van der Waals surface area (Å²) in [6, 6.07) is 15.3. The molecule has 0 aliphatic heterocycles. The average Bonchev–Trinajstić information content (AvgIpc) is 2.93. The molecule has 12 heteroatoms. The minimum absolute atomic E-state index is 0.180. The van der Waals surface area contributed by atoms with Gasteiger partial charge in [-0.3, -0.25) is 39.4 Å². The first kappa shape index (κ1) is 36.6. The Morgan fingerprint density at radius 3 is 1.30 bits per heavy atom. The van der Waals surface area contributed by atoms with E-state index in [0.717, 1.165) is 11.1 Å². The van der Waals surface area contributed by atoms with Gasteiger partial charge in [0.1, 0.15) is 12.1 Å². The highest BCUT2D eigenvalue weighted by atomic mass is 16.2. The lowest BCUT2D eigenvalue weighted by molar-refractivity contribution is -0.135. The summed E-state index contributed by atoms with van der Waals surface area (Å²) in [5.41, 5.74) is 12.8.